The summed E-state index contributed by atoms with van der Waals surface area (Å²) in [4.78, 5) is 14.9. The number of carbonyl (C=O) groups excluding carboxylic acids is 1. The van der Waals surface area contributed by atoms with Crippen LogP contribution in [0.1, 0.15) is 18.4 Å². The van der Waals surface area contributed by atoms with Crippen molar-refractivity contribution in [1.29, 1.82) is 0 Å². The average Bonchev–Trinajstić information content (AvgIpc) is 2.72. The number of benzene rings is 2. The maximum absolute atomic E-state index is 13.7. The second kappa shape index (κ2) is 8.13. The van der Waals surface area contributed by atoms with Crippen LogP contribution in [0.3, 0.4) is 0 Å². The summed E-state index contributed by atoms with van der Waals surface area (Å²) in [6.07, 6.45) is 1.58. The van der Waals surface area contributed by atoms with Gasteiger partial charge in [0.15, 0.2) is 0 Å². The van der Waals surface area contributed by atoms with Crippen LogP contribution in [0.4, 0.5) is 4.39 Å². The summed E-state index contributed by atoms with van der Waals surface area (Å²) in [5.41, 5.74) is 2.13. The van der Waals surface area contributed by atoms with Gasteiger partial charge in [-0.25, -0.2) is 4.39 Å². The Labute approximate surface area is 170 Å². The second-order valence-corrected chi connectivity index (χ2v) is 7.97. The highest BCUT2D eigenvalue weighted by molar-refractivity contribution is 5.84. The first kappa shape index (κ1) is 19.9. The molecule has 0 aliphatic carbocycles. The number of methoxy groups -OCH3 is 1. The van der Waals surface area contributed by atoms with Crippen molar-refractivity contribution < 1.29 is 23.8 Å². The SMILES string of the molecule is COc1ccc(F)cc1-c1ccc(CC2(C(=O)N3CC(O)C3)CCOCC2)cc1. The zero-order valence-corrected chi connectivity index (χ0v) is 16.6. The maximum atomic E-state index is 13.7. The second-order valence-electron chi connectivity index (χ2n) is 7.97. The van der Waals surface area contributed by atoms with Crippen molar-refractivity contribution in [2.45, 2.75) is 25.4 Å². The van der Waals surface area contributed by atoms with Crippen molar-refractivity contribution in [3.05, 3.63) is 53.8 Å². The van der Waals surface area contributed by atoms with E-state index in [0.717, 1.165) is 11.1 Å². The predicted octanol–water partition coefficient (Wildman–Crippen LogP) is 3.04. The number of aliphatic hydroxyl groups excluding tert-OH is 1. The molecule has 2 aromatic rings. The minimum Gasteiger partial charge on any atom is -0.496 e. The average molecular weight is 399 g/mol. The third-order valence-electron chi connectivity index (χ3n) is 6.02. The molecular formula is C23H26FNO4. The number of aliphatic hydroxyl groups is 1. The summed E-state index contributed by atoms with van der Waals surface area (Å²) in [6.45, 7) is 1.97. The highest BCUT2D eigenvalue weighted by atomic mass is 19.1. The van der Waals surface area contributed by atoms with Crippen LogP contribution in [-0.4, -0.2) is 55.4 Å². The van der Waals surface area contributed by atoms with Crippen LogP contribution in [0, 0.1) is 11.2 Å². The van der Waals surface area contributed by atoms with E-state index in [2.05, 4.69) is 0 Å². The van der Waals surface area contributed by atoms with Gasteiger partial charge in [-0.05, 0) is 48.6 Å². The minimum atomic E-state index is -0.490. The van der Waals surface area contributed by atoms with E-state index in [9.17, 15) is 14.3 Å². The smallest absolute Gasteiger partial charge is 0.229 e. The van der Waals surface area contributed by atoms with E-state index in [1.807, 2.05) is 24.3 Å². The third kappa shape index (κ3) is 4.00. The summed E-state index contributed by atoms with van der Waals surface area (Å²) < 4.78 is 24.6. The Hall–Kier alpha value is -2.44. The third-order valence-corrected chi connectivity index (χ3v) is 6.02. The molecule has 154 valence electrons. The topological polar surface area (TPSA) is 59.0 Å². The number of hydrogen-bond donors (Lipinski definition) is 1. The minimum absolute atomic E-state index is 0.113. The molecule has 0 radical (unpaired) electrons. The number of amides is 1. The molecule has 2 saturated heterocycles. The highest BCUT2D eigenvalue weighted by Gasteiger charge is 2.45. The van der Waals surface area contributed by atoms with Gasteiger partial charge in [-0.1, -0.05) is 24.3 Å². The Kier molecular flexibility index (Phi) is 5.56. The van der Waals surface area contributed by atoms with Crippen molar-refractivity contribution in [1.82, 2.24) is 4.90 Å². The number of nitrogens with zero attached hydrogens (tertiary/aromatic N) is 1. The first-order valence-electron chi connectivity index (χ1n) is 9.99. The van der Waals surface area contributed by atoms with Gasteiger partial charge in [0.2, 0.25) is 5.91 Å². The van der Waals surface area contributed by atoms with Crippen LogP contribution in [0.25, 0.3) is 11.1 Å². The highest BCUT2D eigenvalue weighted by Crippen LogP contribution is 2.38. The van der Waals surface area contributed by atoms with Gasteiger partial charge in [0.05, 0.1) is 18.6 Å². The quantitative estimate of drug-likeness (QED) is 0.840. The standard InChI is InChI=1S/C23H26FNO4/c1-28-21-7-6-18(24)12-20(21)17-4-2-16(3-5-17)13-23(8-10-29-11-9-23)22(27)25-14-19(26)15-25/h2-7,12,19,26H,8-11,13-15H2,1H3. The Balaban J connectivity index is 1.56. The normalized spacial score (nSPS) is 18.9. The van der Waals surface area contributed by atoms with E-state index < -0.39 is 11.5 Å². The van der Waals surface area contributed by atoms with E-state index >= 15 is 0 Å². The summed E-state index contributed by atoms with van der Waals surface area (Å²) in [5, 5.41) is 9.58. The van der Waals surface area contributed by atoms with Crippen molar-refractivity contribution >= 4 is 5.91 Å². The van der Waals surface area contributed by atoms with Gasteiger partial charge in [-0.15, -0.1) is 0 Å². The van der Waals surface area contributed by atoms with E-state index in [1.165, 1.54) is 12.1 Å². The zero-order chi connectivity index (χ0) is 20.4. The molecule has 1 amide bonds. The molecule has 2 aromatic carbocycles. The number of ether oxygens (including phenoxy) is 2. The first-order valence-corrected chi connectivity index (χ1v) is 9.99. The molecule has 0 atom stereocenters. The molecule has 0 unspecified atom stereocenters. The van der Waals surface area contributed by atoms with Crippen LogP contribution in [-0.2, 0) is 16.0 Å². The fraction of sp³-hybridized carbons (Fsp3) is 0.435. The Morgan fingerprint density at radius 2 is 1.90 bits per heavy atom. The molecule has 5 nitrogen and oxygen atoms in total. The van der Waals surface area contributed by atoms with Gasteiger partial charge in [0, 0.05) is 31.9 Å². The number of carbonyl (C=O) groups is 1. The van der Waals surface area contributed by atoms with Gasteiger partial charge in [0.25, 0.3) is 0 Å². The van der Waals surface area contributed by atoms with E-state index in [1.54, 1.807) is 18.1 Å². The summed E-state index contributed by atoms with van der Waals surface area (Å²) in [5.74, 6) is 0.418. The number of β-amino-alcohol motifs (C(OH)–C–C–N with tert-alkyl or cyclic N) is 1. The van der Waals surface area contributed by atoms with E-state index in [0.29, 0.717) is 56.9 Å². The molecule has 6 heteroatoms. The van der Waals surface area contributed by atoms with Crippen LogP contribution in [0.5, 0.6) is 5.75 Å². The molecular weight excluding hydrogens is 373 g/mol. The van der Waals surface area contributed by atoms with Crippen LogP contribution < -0.4 is 4.74 Å². The molecule has 2 heterocycles. The fourth-order valence-electron chi connectivity index (χ4n) is 4.28. The lowest BCUT2D eigenvalue weighted by atomic mass is 9.73. The van der Waals surface area contributed by atoms with Crippen molar-refractivity contribution in [2.75, 3.05) is 33.4 Å². The van der Waals surface area contributed by atoms with Gasteiger partial charge in [-0.2, -0.15) is 0 Å². The molecule has 0 spiro atoms. The zero-order valence-electron chi connectivity index (χ0n) is 16.6. The van der Waals surface area contributed by atoms with Crippen LogP contribution in [0.2, 0.25) is 0 Å². The van der Waals surface area contributed by atoms with Crippen molar-refractivity contribution in [3.63, 3.8) is 0 Å². The summed E-state index contributed by atoms with van der Waals surface area (Å²) in [6, 6.07) is 12.3. The molecule has 29 heavy (non-hydrogen) atoms. The molecule has 2 fully saturated rings. The lowest BCUT2D eigenvalue weighted by Gasteiger charge is -2.45. The molecule has 0 bridgehead atoms. The molecule has 2 aliphatic rings. The van der Waals surface area contributed by atoms with E-state index in [4.69, 9.17) is 9.47 Å². The number of hydrogen-bond acceptors (Lipinski definition) is 4. The number of likely N-dealkylation sites (tertiary alicyclic amines) is 1. The molecule has 2 aliphatic heterocycles. The van der Waals surface area contributed by atoms with Gasteiger partial charge >= 0.3 is 0 Å². The number of halogens is 1. The van der Waals surface area contributed by atoms with Crippen LogP contribution >= 0.6 is 0 Å². The Bertz CT molecular complexity index is 871. The molecule has 0 aromatic heterocycles. The lowest BCUT2D eigenvalue weighted by molar-refractivity contribution is -0.158. The van der Waals surface area contributed by atoms with E-state index in [-0.39, 0.29) is 11.7 Å². The fourth-order valence-corrected chi connectivity index (χ4v) is 4.28. The Morgan fingerprint density at radius 1 is 1.21 bits per heavy atom. The van der Waals surface area contributed by atoms with Gasteiger partial charge in [0.1, 0.15) is 11.6 Å². The number of rotatable bonds is 5. The van der Waals surface area contributed by atoms with Crippen molar-refractivity contribution in [2.24, 2.45) is 5.41 Å². The molecule has 1 N–H and O–H groups in total. The maximum Gasteiger partial charge on any atom is 0.229 e. The van der Waals surface area contributed by atoms with Gasteiger partial charge < -0.3 is 19.5 Å². The van der Waals surface area contributed by atoms with Gasteiger partial charge in [-0.3, -0.25) is 4.79 Å². The summed E-state index contributed by atoms with van der Waals surface area (Å²) in [7, 11) is 1.57. The van der Waals surface area contributed by atoms with Crippen molar-refractivity contribution in [3.8, 4) is 16.9 Å². The largest absolute Gasteiger partial charge is 0.496 e. The Morgan fingerprint density at radius 3 is 2.52 bits per heavy atom. The lowest BCUT2D eigenvalue weighted by Crippen LogP contribution is -2.59. The molecule has 4 rings (SSSR count). The molecule has 0 saturated carbocycles. The van der Waals surface area contributed by atoms with Crippen LogP contribution in [0.15, 0.2) is 42.5 Å². The first-order chi connectivity index (χ1) is 14.0. The predicted molar refractivity (Wildman–Crippen MR) is 107 cm³/mol. The monoisotopic (exact) mass is 399 g/mol. The summed E-state index contributed by atoms with van der Waals surface area (Å²) >= 11 is 0.